The molecule has 0 radical (unpaired) electrons. The summed E-state index contributed by atoms with van der Waals surface area (Å²) in [6.07, 6.45) is 6.84. The summed E-state index contributed by atoms with van der Waals surface area (Å²) in [5, 5.41) is 7.14. The normalized spacial score (nSPS) is 27.1. The zero-order chi connectivity index (χ0) is 12.5. The van der Waals surface area contributed by atoms with Crippen LogP contribution >= 0.6 is 11.3 Å². The second-order valence-corrected chi connectivity index (χ2v) is 5.87. The molecule has 4 nitrogen and oxygen atoms in total. The first-order valence-corrected chi connectivity index (χ1v) is 7.03. The van der Waals surface area contributed by atoms with Gasteiger partial charge in [0.1, 0.15) is 0 Å². The number of amides is 1. The first-order valence-electron chi connectivity index (χ1n) is 6.15. The second kappa shape index (κ2) is 4.65. The number of carbonyl (C=O) groups excluding carboxylic acids is 1. The summed E-state index contributed by atoms with van der Waals surface area (Å²) in [6, 6.07) is 0. The minimum atomic E-state index is -0.0813. The zero-order valence-electron chi connectivity index (χ0n) is 10.2. The van der Waals surface area contributed by atoms with Gasteiger partial charge in [-0.2, -0.15) is 5.10 Å². The molecule has 2 aliphatic rings. The first-order chi connectivity index (χ1) is 8.72. The van der Waals surface area contributed by atoms with Crippen molar-refractivity contribution in [3.63, 3.8) is 0 Å². The van der Waals surface area contributed by atoms with Gasteiger partial charge in [0.05, 0.1) is 17.1 Å². The predicted octanol–water partition coefficient (Wildman–Crippen LogP) is 2.06. The number of hydrazone groups is 1. The molecule has 18 heavy (non-hydrogen) atoms. The van der Waals surface area contributed by atoms with E-state index in [9.17, 15) is 4.79 Å². The van der Waals surface area contributed by atoms with Crippen LogP contribution < -0.4 is 5.43 Å². The van der Waals surface area contributed by atoms with Gasteiger partial charge in [0.25, 0.3) is 0 Å². The van der Waals surface area contributed by atoms with E-state index >= 15 is 0 Å². The average Bonchev–Trinajstić information content (AvgIpc) is 2.86. The van der Waals surface area contributed by atoms with E-state index in [-0.39, 0.29) is 5.91 Å². The average molecular weight is 261 g/mol. The van der Waals surface area contributed by atoms with E-state index in [0.717, 1.165) is 29.3 Å². The fraction of sp³-hybridized carbons (Fsp3) is 0.462. The number of carbonyl (C=O) groups is 1. The van der Waals surface area contributed by atoms with Gasteiger partial charge in [-0.05, 0) is 25.7 Å². The van der Waals surface area contributed by atoms with Crippen molar-refractivity contribution in [1.29, 1.82) is 0 Å². The summed E-state index contributed by atoms with van der Waals surface area (Å²) in [7, 11) is 0. The van der Waals surface area contributed by atoms with Crippen molar-refractivity contribution in [3.05, 3.63) is 28.2 Å². The van der Waals surface area contributed by atoms with Gasteiger partial charge in [-0.15, -0.1) is 11.3 Å². The van der Waals surface area contributed by atoms with Gasteiger partial charge < -0.3 is 0 Å². The third kappa shape index (κ3) is 2.22. The lowest BCUT2D eigenvalue weighted by atomic mass is 9.74. The summed E-state index contributed by atoms with van der Waals surface area (Å²) in [6.45, 7) is 1.94. The Bertz CT molecular complexity index is 532. The Morgan fingerprint density at radius 3 is 3.28 bits per heavy atom. The number of fused-ring (bicyclic) bond motifs is 1. The predicted molar refractivity (Wildman–Crippen MR) is 71.5 cm³/mol. The van der Waals surface area contributed by atoms with Crippen LogP contribution in [-0.2, 0) is 11.2 Å². The number of allylic oxidation sites excluding steroid dienone is 2. The summed E-state index contributed by atoms with van der Waals surface area (Å²) < 4.78 is 0. The number of hydrogen-bond acceptors (Lipinski definition) is 4. The molecular weight excluding hydrogens is 246 g/mol. The highest BCUT2D eigenvalue weighted by molar-refractivity contribution is 7.09. The lowest BCUT2D eigenvalue weighted by Gasteiger charge is -2.31. The number of nitrogens with one attached hydrogen (secondary N) is 1. The van der Waals surface area contributed by atoms with Crippen LogP contribution in [0.15, 0.2) is 22.6 Å². The van der Waals surface area contributed by atoms with Crippen molar-refractivity contribution in [1.82, 2.24) is 10.4 Å². The third-order valence-electron chi connectivity index (χ3n) is 3.50. The van der Waals surface area contributed by atoms with E-state index in [1.165, 1.54) is 0 Å². The molecule has 0 spiro atoms. The molecule has 5 heteroatoms. The highest BCUT2D eigenvalue weighted by Gasteiger charge is 2.37. The van der Waals surface area contributed by atoms with Crippen molar-refractivity contribution >= 4 is 23.0 Å². The molecule has 1 amide bonds. The van der Waals surface area contributed by atoms with Gasteiger partial charge in [0, 0.05) is 17.0 Å². The molecule has 3 rings (SSSR count). The van der Waals surface area contributed by atoms with Gasteiger partial charge in [-0.25, -0.2) is 10.4 Å². The van der Waals surface area contributed by atoms with Crippen molar-refractivity contribution in [3.8, 4) is 0 Å². The molecule has 2 atom stereocenters. The highest BCUT2D eigenvalue weighted by atomic mass is 32.1. The van der Waals surface area contributed by atoms with Crippen LogP contribution in [-0.4, -0.2) is 16.6 Å². The SMILES string of the molecule is Cc1nc(CC(=O)N/N=C2/C[C@@H]3C=CC[C@@H]23)cs1. The van der Waals surface area contributed by atoms with E-state index in [1.807, 2.05) is 12.3 Å². The summed E-state index contributed by atoms with van der Waals surface area (Å²) >= 11 is 1.56. The summed E-state index contributed by atoms with van der Waals surface area (Å²) in [4.78, 5) is 16.0. The Morgan fingerprint density at radius 2 is 2.56 bits per heavy atom. The molecule has 0 aliphatic heterocycles. The minimum Gasteiger partial charge on any atom is -0.273 e. The first kappa shape index (κ1) is 11.6. The maximum Gasteiger partial charge on any atom is 0.246 e. The van der Waals surface area contributed by atoms with Gasteiger partial charge in [0.15, 0.2) is 0 Å². The standard InChI is InChI=1S/C13H15N3OS/c1-8-14-10(7-18-8)6-13(17)16-15-12-5-9-3-2-4-11(9)12/h2-3,7,9,11H,4-6H2,1H3,(H,16,17)/b15-12-/t9-,11+/m0/s1. The smallest absolute Gasteiger partial charge is 0.246 e. The monoisotopic (exact) mass is 261 g/mol. The van der Waals surface area contributed by atoms with Crippen LogP contribution in [0, 0.1) is 18.8 Å². The van der Waals surface area contributed by atoms with E-state index in [4.69, 9.17) is 0 Å². The molecule has 1 fully saturated rings. The molecule has 1 saturated carbocycles. The van der Waals surface area contributed by atoms with Gasteiger partial charge in [-0.1, -0.05) is 12.2 Å². The fourth-order valence-corrected chi connectivity index (χ4v) is 3.10. The molecule has 2 aliphatic carbocycles. The van der Waals surface area contributed by atoms with Gasteiger partial charge in [0.2, 0.25) is 5.91 Å². The fourth-order valence-electron chi connectivity index (χ4n) is 2.49. The molecule has 0 saturated heterocycles. The van der Waals surface area contributed by atoms with Crippen LogP contribution in [0.3, 0.4) is 0 Å². The van der Waals surface area contributed by atoms with Crippen molar-refractivity contribution in [2.75, 3.05) is 0 Å². The molecule has 1 aromatic rings. The van der Waals surface area contributed by atoms with E-state index in [0.29, 0.717) is 18.3 Å². The van der Waals surface area contributed by atoms with Gasteiger partial charge in [-0.3, -0.25) is 4.79 Å². The Morgan fingerprint density at radius 1 is 1.67 bits per heavy atom. The van der Waals surface area contributed by atoms with Crippen LogP contribution in [0.25, 0.3) is 0 Å². The van der Waals surface area contributed by atoms with E-state index in [1.54, 1.807) is 11.3 Å². The molecule has 0 aromatic carbocycles. The van der Waals surface area contributed by atoms with E-state index < -0.39 is 0 Å². The maximum absolute atomic E-state index is 11.7. The Balaban J connectivity index is 1.51. The number of thiazole rings is 1. The molecule has 94 valence electrons. The van der Waals surface area contributed by atoms with Crippen LogP contribution in [0.5, 0.6) is 0 Å². The molecular formula is C13H15N3OS. The lowest BCUT2D eigenvalue weighted by Crippen LogP contribution is -2.35. The van der Waals surface area contributed by atoms with Crippen molar-refractivity contribution in [2.24, 2.45) is 16.9 Å². The van der Waals surface area contributed by atoms with Crippen molar-refractivity contribution < 1.29 is 4.79 Å². The number of nitrogens with zero attached hydrogens (tertiary/aromatic N) is 2. The van der Waals surface area contributed by atoms with Crippen molar-refractivity contribution in [2.45, 2.75) is 26.2 Å². The van der Waals surface area contributed by atoms with E-state index in [2.05, 4.69) is 27.7 Å². The maximum atomic E-state index is 11.7. The largest absolute Gasteiger partial charge is 0.273 e. The molecule has 0 unspecified atom stereocenters. The molecule has 1 N–H and O–H groups in total. The zero-order valence-corrected chi connectivity index (χ0v) is 11.0. The molecule has 1 aromatic heterocycles. The van der Waals surface area contributed by atoms with Crippen LogP contribution in [0.1, 0.15) is 23.5 Å². The van der Waals surface area contributed by atoms with Gasteiger partial charge >= 0.3 is 0 Å². The number of aromatic nitrogens is 1. The number of aryl methyl sites for hydroxylation is 1. The molecule has 1 heterocycles. The topological polar surface area (TPSA) is 54.4 Å². The quantitative estimate of drug-likeness (QED) is 0.669. The molecule has 0 bridgehead atoms. The lowest BCUT2D eigenvalue weighted by molar-refractivity contribution is -0.120. The minimum absolute atomic E-state index is 0.0813. The van der Waals surface area contributed by atoms with Crippen LogP contribution in [0.4, 0.5) is 0 Å². The Kier molecular flexibility index (Phi) is 2.99. The number of hydrogen-bond donors (Lipinski definition) is 1. The Labute approximate surface area is 110 Å². The third-order valence-corrected chi connectivity index (χ3v) is 4.32. The summed E-state index contributed by atoms with van der Waals surface area (Å²) in [5.74, 6) is 1.14. The summed E-state index contributed by atoms with van der Waals surface area (Å²) in [5.41, 5.74) is 4.60. The highest BCUT2D eigenvalue weighted by Crippen LogP contribution is 2.39. The Hall–Kier alpha value is -1.49. The second-order valence-electron chi connectivity index (χ2n) is 4.81. The van der Waals surface area contributed by atoms with Crippen LogP contribution in [0.2, 0.25) is 0 Å². The number of rotatable bonds is 3.